The average Bonchev–Trinajstić information content (AvgIpc) is 3.56. The van der Waals surface area contributed by atoms with Gasteiger partial charge in [-0.15, -0.1) is 5.10 Å². The molecule has 5 heterocycles. The molecule has 1 amide bonds. The number of aromatic nitrogens is 5. The third-order valence-electron chi connectivity index (χ3n) is 7.98. The molecule has 0 spiro atoms. The summed E-state index contributed by atoms with van der Waals surface area (Å²) < 4.78 is 44.3. The molecule has 3 aromatic heterocycles. The Morgan fingerprint density at radius 3 is 2.56 bits per heavy atom. The van der Waals surface area contributed by atoms with Crippen molar-refractivity contribution in [1.82, 2.24) is 29.0 Å². The third-order valence-corrected chi connectivity index (χ3v) is 9.02. The molecule has 2 aliphatic heterocycles. The molecule has 50 heavy (non-hydrogen) atoms. The van der Waals surface area contributed by atoms with Crippen LogP contribution in [0.2, 0.25) is 5.02 Å². The van der Waals surface area contributed by atoms with Gasteiger partial charge in [0.2, 0.25) is 5.78 Å². The predicted molar refractivity (Wildman–Crippen MR) is 183 cm³/mol. The number of anilines is 2. The van der Waals surface area contributed by atoms with Crippen LogP contribution < -0.4 is 15.8 Å². The average molecular weight is 735 g/mol. The molecule has 13 nitrogen and oxygen atoms in total. The zero-order valence-electron chi connectivity index (χ0n) is 27.1. The number of ether oxygens (including phenoxy) is 1. The molecule has 4 aromatic rings. The first-order chi connectivity index (χ1) is 23.9. The number of benzene rings is 1. The monoisotopic (exact) mass is 734 g/mol. The number of aromatic hydroxyl groups is 1. The van der Waals surface area contributed by atoms with Crippen LogP contribution in [0.15, 0.2) is 52.3 Å². The summed E-state index contributed by atoms with van der Waals surface area (Å²) in [4.78, 5) is 50.4. The smallest absolute Gasteiger partial charge is 0.446 e. The minimum absolute atomic E-state index is 0.00696. The number of amides is 1. The van der Waals surface area contributed by atoms with Gasteiger partial charge in [-0.3, -0.25) is 9.59 Å². The number of hydrogen-bond donors (Lipinski definition) is 2. The van der Waals surface area contributed by atoms with E-state index in [1.807, 2.05) is 17.9 Å². The topological polar surface area (TPSA) is 147 Å². The van der Waals surface area contributed by atoms with Crippen molar-refractivity contribution in [1.29, 1.82) is 0 Å². The summed E-state index contributed by atoms with van der Waals surface area (Å²) in [7, 11) is 1.65. The number of carbonyl (C=O) groups is 2. The van der Waals surface area contributed by atoms with Crippen molar-refractivity contribution in [2.45, 2.75) is 36.7 Å². The molecule has 2 N–H and O–H groups in total. The van der Waals surface area contributed by atoms with Gasteiger partial charge in [-0.25, -0.2) is 4.98 Å². The fourth-order valence-electron chi connectivity index (χ4n) is 5.64. The van der Waals surface area contributed by atoms with Crippen LogP contribution in [0.25, 0.3) is 11.4 Å². The van der Waals surface area contributed by atoms with Crippen LogP contribution in [0.1, 0.15) is 35.4 Å². The molecule has 0 atom stereocenters. The van der Waals surface area contributed by atoms with Crippen LogP contribution in [0, 0.1) is 0 Å². The molecule has 0 radical (unpaired) electrons. The van der Waals surface area contributed by atoms with Gasteiger partial charge in [0, 0.05) is 44.3 Å². The molecule has 0 unspecified atom stereocenters. The quantitative estimate of drug-likeness (QED) is 0.195. The maximum Gasteiger partial charge on any atom is 0.446 e. The summed E-state index contributed by atoms with van der Waals surface area (Å²) in [6.45, 7) is 4.49. The molecule has 0 aliphatic carbocycles. The van der Waals surface area contributed by atoms with E-state index in [4.69, 9.17) is 16.3 Å². The molecule has 1 fully saturated rings. The highest BCUT2D eigenvalue weighted by atomic mass is 35.5. The van der Waals surface area contributed by atoms with E-state index in [2.05, 4.69) is 20.4 Å². The van der Waals surface area contributed by atoms with Crippen molar-refractivity contribution in [3.8, 4) is 5.75 Å². The lowest BCUT2D eigenvalue weighted by atomic mass is 10.1. The van der Waals surface area contributed by atoms with E-state index < -0.39 is 5.51 Å². The van der Waals surface area contributed by atoms with Gasteiger partial charge in [0.25, 0.3) is 11.5 Å². The van der Waals surface area contributed by atoms with Gasteiger partial charge >= 0.3 is 5.51 Å². The number of nitrogens with zero attached hydrogens (tertiary/aromatic N) is 7. The van der Waals surface area contributed by atoms with Gasteiger partial charge in [-0.2, -0.15) is 22.7 Å². The Bertz CT molecular complexity index is 1960. The predicted octanol–water partition coefficient (Wildman–Crippen LogP) is 4.51. The number of fused-ring (bicyclic) bond motifs is 1. The molecule has 266 valence electrons. The Labute approximate surface area is 293 Å². The lowest BCUT2D eigenvalue weighted by Gasteiger charge is -2.36. The van der Waals surface area contributed by atoms with Crippen LogP contribution in [0.4, 0.5) is 24.5 Å². The number of thioether (sulfide) groups is 1. The fourth-order valence-corrected chi connectivity index (χ4v) is 6.56. The first kappa shape index (κ1) is 36.7. The highest BCUT2D eigenvalue weighted by molar-refractivity contribution is 8.00. The van der Waals surface area contributed by atoms with E-state index in [1.54, 1.807) is 22.6 Å². The summed E-state index contributed by atoms with van der Waals surface area (Å²) in [5.74, 6) is 0.263. The van der Waals surface area contributed by atoms with E-state index >= 15 is 0 Å². The second kappa shape index (κ2) is 15.9. The van der Waals surface area contributed by atoms with Crippen molar-refractivity contribution in [3.05, 3.63) is 75.2 Å². The minimum Gasteiger partial charge on any atom is -0.505 e. The molecule has 6 rings (SSSR count). The van der Waals surface area contributed by atoms with Crippen molar-refractivity contribution in [3.63, 3.8) is 0 Å². The number of piperazine rings is 1. The summed E-state index contributed by atoms with van der Waals surface area (Å²) in [5.41, 5.74) is -1.90. The largest absolute Gasteiger partial charge is 0.505 e. The number of pyridine rings is 1. The normalized spacial score (nSPS) is 15.0. The van der Waals surface area contributed by atoms with Crippen molar-refractivity contribution < 1.29 is 32.6 Å². The molecule has 0 saturated carbocycles. The van der Waals surface area contributed by atoms with Gasteiger partial charge in [0.05, 0.1) is 36.2 Å². The number of alkyl halides is 3. The number of nitrogens with one attached hydrogen (secondary N) is 1. The van der Waals surface area contributed by atoms with Crippen LogP contribution in [0.3, 0.4) is 0 Å². The molecular weight excluding hydrogens is 701 g/mol. The Morgan fingerprint density at radius 1 is 1.20 bits per heavy atom. The first-order valence-electron chi connectivity index (χ1n) is 15.6. The molecule has 2 aliphatic rings. The Kier molecular flexibility index (Phi) is 11.7. The Morgan fingerprint density at radius 2 is 1.96 bits per heavy atom. The summed E-state index contributed by atoms with van der Waals surface area (Å²) in [6, 6.07) is 7.15. The first-order valence-corrected chi connectivity index (χ1v) is 16.8. The standard InChI is InChI=1S/C24H27N7O5.C8H7ClF3NS/c1-2-17-20(28-8-10-29(11-9-28)22(34)19-18(33)4-3-7-25-19)23(35)31-24(30(17)12-13-32)26-21(27-31)16-5-14-36-15-6-16;1-13-7-3-2-5(4-6(7)9)14-8(10,11)12/h3-5,7,13,33H,2,6,8-12,14-15H2,1H3;2-4,13H,1H3. The van der Waals surface area contributed by atoms with E-state index in [1.165, 1.54) is 35.0 Å². The van der Waals surface area contributed by atoms with Crippen LogP contribution >= 0.6 is 23.4 Å². The lowest BCUT2D eigenvalue weighted by Crippen LogP contribution is -2.51. The summed E-state index contributed by atoms with van der Waals surface area (Å²) in [5, 5.41) is 17.6. The Hall–Kier alpha value is -4.61. The maximum atomic E-state index is 13.7. The third kappa shape index (κ3) is 8.22. The summed E-state index contributed by atoms with van der Waals surface area (Å²) >= 11 is 5.54. The number of aldehydes is 1. The SMILES string of the molecule is CCc1c(N2CCN(C(=O)c3ncccc3O)CC2)c(=O)n2nc(C3=CCOCC3)nc2n1CC=O.CNc1ccc(SC(F)(F)F)cc1Cl. The Balaban J connectivity index is 0.000000292. The van der Waals surface area contributed by atoms with Crippen molar-refractivity contribution in [2.75, 3.05) is 56.7 Å². The van der Waals surface area contributed by atoms with Crippen molar-refractivity contribution >= 4 is 58.3 Å². The second-order valence-electron chi connectivity index (χ2n) is 11.0. The number of hydrogen-bond acceptors (Lipinski definition) is 11. The number of halogens is 4. The molecule has 18 heteroatoms. The van der Waals surface area contributed by atoms with E-state index in [0.29, 0.717) is 80.9 Å². The van der Waals surface area contributed by atoms with E-state index in [9.17, 15) is 32.7 Å². The van der Waals surface area contributed by atoms with Gasteiger partial charge in [0.1, 0.15) is 17.7 Å². The fraction of sp³-hybridized carbons (Fsp3) is 0.375. The highest BCUT2D eigenvalue weighted by Crippen LogP contribution is 2.39. The van der Waals surface area contributed by atoms with Crippen LogP contribution in [0.5, 0.6) is 5.75 Å². The highest BCUT2D eigenvalue weighted by Gasteiger charge is 2.31. The number of carbonyl (C=O) groups excluding carboxylic acids is 2. The zero-order chi connectivity index (χ0) is 36.0. The second-order valence-corrected chi connectivity index (χ2v) is 12.6. The zero-order valence-corrected chi connectivity index (χ0v) is 28.7. The molecule has 0 bridgehead atoms. The van der Waals surface area contributed by atoms with Crippen LogP contribution in [-0.2, 0) is 22.5 Å². The molecule has 1 saturated heterocycles. The van der Waals surface area contributed by atoms with E-state index in [-0.39, 0.29) is 51.1 Å². The van der Waals surface area contributed by atoms with Gasteiger partial charge in [-0.1, -0.05) is 24.6 Å². The lowest BCUT2D eigenvalue weighted by molar-refractivity contribution is -0.108. The number of rotatable bonds is 8. The molecule has 1 aromatic carbocycles. The van der Waals surface area contributed by atoms with Gasteiger partial charge in [0.15, 0.2) is 11.5 Å². The van der Waals surface area contributed by atoms with Crippen LogP contribution in [-0.4, -0.2) is 98.3 Å². The van der Waals surface area contributed by atoms with Crippen molar-refractivity contribution in [2.24, 2.45) is 0 Å². The minimum atomic E-state index is -4.27. The van der Waals surface area contributed by atoms with E-state index in [0.717, 1.165) is 11.9 Å². The maximum absolute atomic E-state index is 13.7. The molecular formula is C32H34ClF3N8O5S. The van der Waals surface area contributed by atoms with Gasteiger partial charge < -0.3 is 34.3 Å². The summed E-state index contributed by atoms with van der Waals surface area (Å²) in [6.07, 6.45) is 5.31. The van der Waals surface area contributed by atoms with Gasteiger partial charge in [-0.05, 0) is 60.5 Å².